The van der Waals surface area contributed by atoms with Gasteiger partial charge in [0.1, 0.15) is 5.67 Å². The molecule has 1 N–H and O–H groups in total. The van der Waals surface area contributed by atoms with Gasteiger partial charge in [-0.2, -0.15) is 0 Å². The maximum atomic E-state index is 12.9. The van der Waals surface area contributed by atoms with E-state index in [2.05, 4.69) is 0 Å². The number of hydrogen-bond donors (Lipinski definition) is 1. The Kier molecular flexibility index (Phi) is 2.81. The van der Waals surface area contributed by atoms with Crippen LogP contribution in [0.1, 0.15) is 27.2 Å². The lowest BCUT2D eigenvalue weighted by Gasteiger charge is -2.20. The number of carboxylic acids is 1. The third kappa shape index (κ3) is 3.43. The maximum absolute atomic E-state index is 12.9. The molecule has 0 bridgehead atoms. The maximum Gasteiger partial charge on any atom is 0.303 e. The molecule has 0 aliphatic rings. The summed E-state index contributed by atoms with van der Waals surface area (Å²) in [6.45, 7) is 4.37. The van der Waals surface area contributed by atoms with Crippen molar-refractivity contribution in [3.05, 3.63) is 0 Å². The molecule has 1 atom stereocenters. The molecular formula is C7H13FO2. The van der Waals surface area contributed by atoms with Crippen molar-refractivity contribution in [2.75, 3.05) is 0 Å². The number of aliphatic carboxylic acids is 1. The van der Waals surface area contributed by atoms with Gasteiger partial charge in [0.25, 0.3) is 0 Å². The molecule has 60 valence electrons. The van der Waals surface area contributed by atoms with Gasteiger partial charge >= 0.3 is 5.97 Å². The fourth-order valence-corrected chi connectivity index (χ4v) is 0.505. The Bertz CT molecular complexity index is 126. The second-order valence-corrected chi connectivity index (χ2v) is 3.06. The number of hydrogen-bond acceptors (Lipinski definition) is 1. The van der Waals surface area contributed by atoms with Crippen LogP contribution in [-0.4, -0.2) is 16.7 Å². The van der Waals surface area contributed by atoms with E-state index < -0.39 is 17.6 Å². The van der Waals surface area contributed by atoms with Crippen LogP contribution in [0.2, 0.25) is 0 Å². The Balaban J connectivity index is 3.85. The van der Waals surface area contributed by atoms with Gasteiger partial charge in [0, 0.05) is 0 Å². The highest BCUT2D eigenvalue weighted by atomic mass is 19.1. The van der Waals surface area contributed by atoms with E-state index in [4.69, 9.17) is 5.11 Å². The van der Waals surface area contributed by atoms with Crippen LogP contribution in [0.5, 0.6) is 0 Å². The summed E-state index contributed by atoms with van der Waals surface area (Å²) in [4.78, 5) is 10.1. The summed E-state index contributed by atoms with van der Waals surface area (Å²) < 4.78 is 12.9. The topological polar surface area (TPSA) is 37.3 Å². The van der Waals surface area contributed by atoms with E-state index in [-0.39, 0.29) is 6.42 Å². The lowest BCUT2D eigenvalue weighted by molar-refractivity contribution is -0.139. The van der Waals surface area contributed by atoms with Gasteiger partial charge in [-0.25, -0.2) is 4.39 Å². The first-order chi connectivity index (χ1) is 4.34. The molecule has 1 unspecified atom stereocenters. The van der Waals surface area contributed by atoms with Gasteiger partial charge < -0.3 is 5.11 Å². The van der Waals surface area contributed by atoms with Crippen LogP contribution in [0.3, 0.4) is 0 Å². The second kappa shape index (κ2) is 2.99. The predicted molar refractivity (Wildman–Crippen MR) is 36.6 cm³/mol. The monoisotopic (exact) mass is 148 g/mol. The molecule has 0 aliphatic carbocycles. The highest BCUT2D eigenvalue weighted by molar-refractivity contribution is 5.67. The molecule has 0 rings (SSSR count). The average Bonchev–Trinajstić information content (AvgIpc) is 1.60. The molecule has 0 heterocycles. The smallest absolute Gasteiger partial charge is 0.303 e. The van der Waals surface area contributed by atoms with Crippen molar-refractivity contribution in [3.63, 3.8) is 0 Å². The van der Waals surface area contributed by atoms with E-state index in [0.29, 0.717) is 0 Å². The molecule has 0 fully saturated rings. The highest BCUT2D eigenvalue weighted by Gasteiger charge is 2.26. The van der Waals surface area contributed by atoms with Crippen LogP contribution in [0, 0.1) is 5.92 Å². The molecule has 0 aromatic rings. The number of alkyl halides is 1. The van der Waals surface area contributed by atoms with E-state index in [9.17, 15) is 9.18 Å². The molecule has 0 spiro atoms. The molecule has 0 aromatic carbocycles. The standard InChI is InChI=1S/C7H13FO2/c1-5(4-6(9)10)7(2,3)8/h5H,4H2,1-3H3,(H,9,10). The van der Waals surface area contributed by atoms with Gasteiger partial charge in [0.15, 0.2) is 0 Å². The minimum Gasteiger partial charge on any atom is -0.481 e. The van der Waals surface area contributed by atoms with Crippen LogP contribution in [0.15, 0.2) is 0 Å². The first-order valence-corrected chi connectivity index (χ1v) is 3.24. The van der Waals surface area contributed by atoms with Crippen molar-refractivity contribution in [2.24, 2.45) is 5.92 Å². The normalized spacial score (nSPS) is 14.8. The molecule has 0 aliphatic heterocycles. The van der Waals surface area contributed by atoms with Crippen molar-refractivity contribution in [1.29, 1.82) is 0 Å². The first kappa shape index (κ1) is 9.40. The number of carbonyl (C=O) groups is 1. The van der Waals surface area contributed by atoms with Crippen LogP contribution in [0.25, 0.3) is 0 Å². The predicted octanol–water partition coefficient (Wildman–Crippen LogP) is 1.85. The van der Waals surface area contributed by atoms with Crippen molar-refractivity contribution >= 4 is 5.97 Å². The molecule has 3 heteroatoms. The molecule has 0 radical (unpaired) electrons. The van der Waals surface area contributed by atoms with E-state index >= 15 is 0 Å². The molecular weight excluding hydrogens is 135 g/mol. The van der Waals surface area contributed by atoms with E-state index in [1.165, 1.54) is 13.8 Å². The van der Waals surface area contributed by atoms with Gasteiger partial charge in [-0.15, -0.1) is 0 Å². The Labute approximate surface area is 60.1 Å². The highest BCUT2D eigenvalue weighted by Crippen LogP contribution is 2.23. The third-order valence-electron chi connectivity index (χ3n) is 1.65. The molecule has 2 nitrogen and oxygen atoms in total. The number of rotatable bonds is 3. The fraction of sp³-hybridized carbons (Fsp3) is 0.857. The van der Waals surface area contributed by atoms with Crippen LogP contribution >= 0.6 is 0 Å². The van der Waals surface area contributed by atoms with Crippen molar-refractivity contribution in [1.82, 2.24) is 0 Å². The summed E-state index contributed by atoms with van der Waals surface area (Å²) in [5.41, 5.74) is -1.39. The quantitative estimate of drug-likeness (QED) is 0.663. The largest absolute Gasteiger partial charge is 0.481 e. The molecule has 0 amide bonds. The lowest BCUT2D eigenvalue weighted by Crippen LogP contribution is -2.25. The van der Waals surface area contributed by atoms with Gasteiger partial charge in [-0.1, -0.05) is 6.92 Å². The summed E-state index contributed by atoms with van der Waals surface area (Å²) >= 11 is 0. The van der Waals surface area contributed by atoms with Crippen molar-refractivity contribution < 1.29 is 14.3 Å². The minimum atomic E-state index is -1.39. The summed E-state index contributed by atoms with van der Waals surface area (Å²) in [5.74, 6) is -1.37. The average molecular weight is 148 g/mol. The molecule has 0 saturated carbocycles. The Morgan fingerprint density at radius 2 is 2.10 bits per heavy atom. The molecule has 0 aromatic heterocycles. The van der Waals surface area contributed by atoms with E-state index in [1.807, 2.05) is 0 Å². The zero-order valence-corrected chi connectivity index (χ0v) is 6.52. The van der Waals surface area contributed by atoms with Crippen LogP contribution < -0.4 is 0 Å². The van der Waals surface area contributed by atoms with Crippen LogP contribution in [0.4, 0.5) is 4.39 Å². The zero-order chi connectivity index (χ0) is 8.36. The van der Waals surface area contributed by atoms with Gasteiger partial charge in [0.05, 0.1) is 6.42 Å². The number of carboxylic acid groups (broad SMARTS) is 1. The molecule has 0 saturated heterocycles. The Morgan fingerprint density at radius 3 is 2.20 bits per heavy atom. The third-order valence-corrected chi connectivity index (χ3v) is 1.65. The van der Waals surface area contributed by atoms with Gasteiger partial charge in [-0.3, -0.25) is 4.79 Å². The SMILES string of the molecule is CC(CC(=O)O)C(C)(C)F. The summed E-state index contributed by atoms with van der Waals surface area (Å²) in [5, 5.41) is 8.28. The Morgan fingerprint density at radius 1 is 1.70 bits per heavy atom. The first-order valence-electron chi connectivity index (χ1n) is 3.24. The van der Waals surface area contributed by atoms with E-state index in [1.54, 1.807) is 6.92 Å². The van der Waals surface area contributed by atoms with Gasteiger partial charge in [-0.05, 0) is 19.8 Å². The molecule has 10 heavy (non-hydrogen) atoms. The van der Waals surface area contributed by atoms with Crippen LogP contribution in [-0.2, 0) is 4.79 Å². The van der Waals surface area contributed by atoms with Crippen molar-refractivity contribution in [2.45, 2.75) is 32.9 Å². The Hall–Kier alpha value is -0.600. The lowest BCUT2D eigenvalue weighted by atomic mass is 9.92. The van der Waals surface area contributed by atoms with Crippen molar-refractivity contribution in [3.8, 4) is 0 Å². The summed E-state index contributed by atoms with van der Waals surface area (Å²) in [6.07, 6.45) is -0.108. The second-order valence-electron chi connectivity index (χ2n) is 3.06. The number of halogens is 1. The van der Waals surface area contributed by atoms with E-state index in [0.717, 1.165) is 0 Å². The fourth-order valence-electron chi connectivity index (χ4n) is 0.505. The summed E-state index contributed by atoms with van der Waals surface area (Å²) in [7, 11) is 0. The van der Waals surface area contributed by atoms with Gasteiger partial charge in [0.2, 0.25) is 0 Å². The zero-order valence-electron chi connectivity index (χ0n) is 6.52. The summed E-state index contributed by atoms with van der Waals surface area (Å²) in [6, 6.07) is 0. The minimum absolute atomic E-state index is 0.108.